The number of aryl methyl sites for hydroxylation is 1. The summed E-state index contributed by atoms with van der Waals surface area (Å²) in [5.41, 5.74) is 1.83. The molecule has 0 saturated heterocycles. The number of anilines is 1. The Balaban J connectivity index is 1.62. The van der Waals surface area contributed by atoms with Crippen LogP contribution < -0.4 is 10.1 Å². The molecule has 0 atom stereocenters. The summed E-state index contributed by atoms with van der Waals surface area (Å²) < 4.78 is 7.79. The number of rotatable bonds is 9. The van der Waals surface area contributed by atoms with Crippen molar-refractivity contribution in [3.05, 3.63) is 78.6 Å². The fourth-order valence-electron chi connectivity index (χ4n) is 2.55. The van der Waals surface area contributed by atoms with Crippen LogP contribution in [0, 0.1) is 6.92 Å². The zero-order valence-corrected chi connectivity index (χ0v) is 16.5. The van der Waals surface area contributed by atoms with Crippen LogP contribution in [0.3, 0.4) is 0 Å². The molecule has 1 aromatic heterocycles. The molecule has 6 nitrogen and oxygen atoms in total. The molecule has 0 unspecified atom stereocenters. The zero-order chi connectivity index (χ0) is 19.8. The molecule has 0 aliphatic rings. The number of hydrogen-bond acceptors (Lipinski definition) is 5. The Labute approximate surface area is 168 Å². The maximum atomic E-state index is 12.2. The summed E-state index contributed by atoms with van der Waals surface area (Å²) in [6.07, 6.45) is 1.77. The molecule has 0 fully saturated rings. The van der Waals surface area contributed by atoms with Crippen LogP contribution in [0.4, 0.5) is 5.69 Å². The molecule has 7 heteroatoms. The highest BCUT2D eigenvalue weighted by molar-refractivity contribution is 7.99. The third-order valence-electron chi connectivity index (χ3n) is 3.95. The predicted octanol–water partition coefficient (Wildman–Crippen LogP) is 4.08. The van der Waals surface area contributed by atoms with Crippen LogP contribution in [0.2, 0.25) is 0 Å². The van der Waals surface area contributed by atoms with Crippen molar-refractivity contribution in [3.63, 3.8) is 0 Å². The van der Waals surface area contributed by atoms with Gasteiger partial charge in [-0.05, 0) is 30.7 Å². The number of amides is 1. The van der Waals surface area contributed by atoms with Gasteiger partial charge in [0.1, 0.15) is 12.4 Å². The number of hydrogen-bond donors (Lipinski definition) is 1. The molecule has 3 aromatic rings. The summed E-state index contributed by atoms with van der Waals surface area (Å²) in [6, 6.07) is 17.2. The molecule has 0 aliphatic heterocycles. The third kappa shape index (κ3) is 5.23. The second-order valence-electron chi connectivity index (χ2n) is 6.06. The van der Waals surface area contributed by atoms with Crippen molar-refractivity contribution in [2.24, 2.45) is 0 Å². The average Bonchev–Trinajstić information content (AvgIpc) is 3.08. The number of nitrogens with zero attached hydrogens (tertiary/aromatic N) is 3. The van der Waals surface area contributed by atoms with E-state index in [1.54, 1.807) is 6.08 Å². The average molecular weight is 395 g/mol. The number of ether oxygens (including phenoxy) is 1. The van der Waals surface area contributed by atoms with E-state index in [0.717, 1.165) is 17.0 Å². The van der Waals surface area contributed by atoms with Crippen molar-refractivity contribution < 1.29 is 9.53 Å². The van der Waals surface area contributed by atoms with Crippen LogP contribution in [-0.2, 0) is 17.9 Å². The van der Waals surface area contributed by atoms with E-state index >= 15 is 0 Å². The molecule has 1 amide bonds. The lowest BCUT2D eigenvalue weighted by atomic mass is 10.2. The molecule has 0 spiro atoms. The van der Waals surface area contributed by atoms with Gasteiger partial charge in [0.05, 0.1) is 5.75 Å². The molecular formula is C21H22N4O2S. The van der Waals surface area contributed by atoms with Gasteiger partial charge in [-0.3, -0.25) is 9.36 Å². The van der Waals surface area contributed by atoms with Crippen LogP contribution in [0.5, 0.6) is 5.75 Å². The minimum Gasteiger partial charge on any atom is -0.485 e. The maximum Gasteiger partial charge on any atom is 0.234 e. The first kappa shape index (κ1) is 19.7. The van der Waals surface area contributed by atoms with Gasteiger partial charge in [-0.25, -0.2) is 0 Å². The van der Waals surface area contributed by atoms with E-state index in [1.807, 2.05) is 66.1 Å². The van der Waals surface area contributed by atoms with Crippen LogP contribution >= 0.6 is 11.8 Å². The van der Waals surface area contributed by atoms with Gasteiger partial charge in [0.2, 0.25) is 5.91 Å². The molecule has 2 aromatic carbocycles. The molecule has 28 heavy (non-hydrogen) atoms. The lowest BCUT2D eigenvalue weighted by Gasteiger charge is -2.10. The van der Waals surface area contributed by atoms with Gasteiger partial charge in [0.25, 0.3) is 0 Å². The highest BCUT2D eigenvalue weighted by Crippen LogP contribution is 2.21. The summed E-state index contributed by atoms with van der Waals surface area (Å²) in [6.45, 7) is 6.63. The van der Waals surface area contributed by atoms with Gasteiger partial charge in [-0.15, -0.1) is 16.8 Å². The van der Waals surface area contributed by atoms with Crippen molar-refractivity contribution in [3.8, 4) is 5.75 Å². The van der Waals surface area contributed by atoms with Crippen LogP contribution in [0.1, 0.15) is 11.4 Å². The smallest absolute Gasteiger partial charge is 0.234 e. The normalized spacial score (nSPS) is 10.5. The van der Waals surface area contributed by atoms with Gasteiger partial charge in [-0.2, -0.15) is 0 Å². The first-order valence-electron chi connectivity index (χ1n) is 8.86. The number of carbonyl (C=O) groups excluding carboxylic acids is 1. The molecule has 0 radical (unpaired) electrons. The molecule has 144 valence electrons. The zero-order valence-electron chi connectivity index (χ0n) is 15.7. The Morgan fingerprint density at radius 1 is 1.18 bits per heavy atom. The van der Waals surface area contributed by atoms with Crippen molar-refractivity contribution in [2.75, 3.05) is 11.1 Å². The molecule has 3 rings (SSSR count). The first-order valence-corrected chi connectivity index (χ1v) is 9.85. The van der Waals surface area contributed by atoms with Crippen LogP contribution in [0.25, 0.3) is 0 Å². The number of benzene rings is 2. The highest BCUT2D eigenvalue weighted by atomic mass is 32.2. The Morgan fingerprint density at radius 3 is 2.68 bits per heavy atom. The molecule has 0 bridgehead atoms. The quantitative estimate of drug-likeness (QED) is 0.437. The van der Waals surface area contributed by atoms with E-state index in [9.17, 15) is 4.79 Å². The standard InChI is InChI=1S/C21H22N4O2S/c1-3-13-25-19(14-27-18-12-8-7-9-16(18)2)23-24-21(25)28-15-20(26)22-17-10-5-4-6-11-17/h3-12H,1,13-15H2,2H3,(H,22,26). The second kappa shape index (κ2) is 9.75. The summed E-state index contributed by atoms with van der Waals surface area (Å²) in [5.74, 6) is 1.64. The van der Waals surface area contributed by atoms with E-state index < -0.39 is 0 Å². The summed E-state index contributed by atoms with van der Waals surface area (Å²) >= 11 is 1.33. The fourth-order valence-corrected chi connectivity index (χ4v) is 3.32. The minimum absolute atomic E-state index is 0.0953. The summed E-state index contributed by atoms with van der Waals surface area (Å²) in [4.78, 5) is 12.2. The largest absolute Gasteiger partial charge is 0.485 e. The monoisotopic (exact) mass is 394 g/mol. The third-order valence-corrected chi connectivity index (χ3v) is 4.91. The number of aromatic nitrogens is 3. The van der Waals surface area contributed by atoms with E-state index in [2.05, 4.69) is 22.1 Å². The van der Waals surface area contributed by atoms with Crippen molar-refractivity contribution in [1.29, 1.82) is 0 Å². The topological polar surface area (TPSA) is 69.0 Å². The molecule has 1 heterocycles. The van der Waals surface area contributed by atoms with Gasteiger partial charge in [0.15, 0.2) is 11.0 Å². The van der Waals surface area contributed by atoms with Crippen LogP contribution in [-0.4, -0.2) is 26.4 Å². The Hall–Kier alpha value is -3.06. The van der Waals surface area contributed by atoms with Gasteiger partial charge >= 0.3 is 0 Å². The first-order chi connectivity index (χ1) is 13.7. The minimum atomic E-state index is -0.0953. The van der Waals surface area contributed by atoms with E-state index in [4.69, 9.17) is 4.74 Å². The Morgan fingerprint density at radius 2 is 1.93 bits per heavy atom. The summed E-state index contributed by atoms with van der Waals surface area (Å²) in [7, 11) is 0. The lowest BCUT2D eigenvalue weighted by molar-refractivity contribution is -0.113. The number of allylic oxidation sites excluding steroid dienone is 1. The summed E-state index contributed by atoms with van der Waals surface area (Å²) in [5, 5.41) is 12.0. The van der Waals surface area contributed by atoms with Gasteiger partial charge in [-0.1, -0.05) is 54.2 Å². The Bertz CT molecular complexity index is 941. The van der Waals surface area contributed by atoms with Gasteiger partial charge in [0, 0.05) is 12.2 Å². The Kier molecular flexibility index (Phi) is 6.86. The second-order valence-corrected chi connectivity index (χ2v) is 7.00. The van der Waals surface area contributed by atoms with Crippen LogP contribution in [0.15, 0.2) is 72.4 Å². The number of thioether (sulfide) groups is 1. The predicted molar refractivity (Wildman–Crippen MR) is 112 cm³/mol. The molecule has 0 saturated carbocycles. The number of para-hydroxylation sites is 2. The molecule has 0 aliphatic carbocycles. The van der Waals surface area contributed by atoms with Crippen molar-refractivity contribution in [1.82, 2.24) is 14.8 Å². The highest BCUT2D eigenvalue weighted by Gasteiger charge is 2.14. The van der Waals surface area contributed by atoms with Crippen molar-refractivity contribution in [2.45, 2.75) is 25.2 Å². The lowest BCUT2D eigenvalue weighted by Crippen LogP contribution is -2.15. The number of carbonyl (C=O) groups is 1. The van der Waals surface area contributed by atoms with Gasteiger partial charge < -0.3 is 10.1 Å². The maximum absolute atomic E-state index is 12.2. The fraction of sp³-hybridized carbons (Fsp3) is 0.190. The molecular weight excluding hydrogens is 372 g/mol. The van der Waals surface area contributed by atoms with E-state index in [-0.39, 0.29) is 11.7 Å². The SMILES string of the molecule is C=CCn1c(COc2ccccc2C)nnc1SCC(=O)Nc1ccccc1. The number of nitrogens with one attached hydrogen (secondary N) is 1. The van der Waals surface area contributed by atoms with Crippen molar-refractivity contribution >= 4 is 23.4 Å². The molecule has 1 N–H and O–H groups in total. The van der Waals surface area contributed by atoms with E-state index in [0.29, 0.717) is 24.1 Å². The van der Waals surface area contributed by atoms with E-state index in [1.165, 1.54) is 11.8 Å².